The molecule has 0 fully saturated rings. The zero-order valence-electron chi connectivity index (χ0n) is 16.0. The number of ether oxygens (including phenoxy) is 1. The molecule has 0 atom stereocenters. The van der Waals surface area contributed by atoms with Crippen LogP contribution in [0.15, 0.2) is 48.5 Å². The van der Waals surface area contributed by atoms with Gasteiger partial charge in [0.25, 0.3) is 11.8 Å². The molecule has 2 amide bonds. The second-order valence-corrected chi connectivity index (χ2v) is 6.07. The molecule has 0 heterocycles. The fourth-order valence-corrected chi connectivity index (χ4v) is 2.62. The van der Waals surface area contributed by atoms with Gasteiger partial charge in [-0.05, 0) is 49.7 Å². The maximum absolute atomic E-state index is 12.3. The lowest BCUT2D eigenvalue weighted by molar-refractivity contribution is -0.139. The Labute approximate surface area is 163 Å². The van der Waals surface area contributed by atoms with E-state index < -0.39 is 12.6 Å². The number of benzene rings is 2. The van der Waals surface area contributed by atoms with E-state index in [4.69, 9.17) is 9.84 Å². The molecular weight excluding hydrogens is 360 g/mol. The molecule has 2 rings (SSSR count). The fraction of sp³-hybridized carbons (Fsp3) is 0.286. The zero-order valence-corrected chi connectivity index (χ0v) is 16.0. The monoisotopic (exact) mass is 384 g/mol. The van der Waals surface area contributed by atoms with E-state index in [0.29, 0.717) is 36.5 Å². The molecule has 2 aromatic rings. The summed E-state index contributed by atoms with van der Waals surface area (Å²) in [6.07, 6.45) is 0. The van der Waals surface area contributed by atoms with Crippen LogP contribution in [-0.4, -0.2) is 47.5 Å². The normalized spacial score (nSPS) is 10.2. The Kier molecular flexibility index (Phi) is 7.56. The van der Waals surface area contributed by atoms with Crippen LogP contribution in [0.5, 0.6) is 5.75 Å². The van der Waals surface area contributed by atoms with Crippen molar-refractivity contribution in [2.24, 2.45) is 0 Å². The summed E-state index contributed by atoms with van der Waals surface area (Å²) in [6.45, 7) is 5.02. The Morgan fingerprint density at radius 1 is 1.00 bits per heavy atom. The minimum absolute atomic E-state index is 0.0150. The highest BCUT2D eigenvalue weighted by Crippen LogP contribution is 2.14. The number of hydrogen-bond acceptors (Lipinski definition) is 4. The van der Waals surface area contributed by atoms with Crippen molar-refractivity contribution in [1.29, 1.82) is 0 Å². The quantitative estimate of drug-likeness (QED) is 0.693. The molecular formula is C21H24N2O5. The summed E-state index contributed by atoms with van der Waals surface area (Å²) in [6, 6.07) is 13.4. The third-order valence-electron chi connectivity index (χ3n) is 4.16. The van der Waals surface area contributed by atoms with Crippen LogP contribution in [0, 0.1) is 0 Å². The van der Waals surface area contributed by atoms with Crippen LogP contribution in [0.2, 0.25) is 0 Å². The van der Waals surface area contributed by atoms with Crippen molar-refractivity contribution < 1.29 is 24.2 Å². The van der Waals surface area contributed by atoms with Gasteiger partial charge in [-0.2, -0.15) is 0 Å². The molecule has 2 N–H and O–H groups in total. The Hall–Kier alpha value is -3.35. The van der Waals surface area contributed by atoms with Gasteiger partial charge in [0.2, 0.25) is 0 Å². The van der Waals surface area contributed by atoms with E-state index in [9.17, 15) is 14.4 Å². The first-order valence-corrected chi connectivity index (χ1v) is 9.05. The van der Waals surface area contributed by atoms with Gasteiger partial charge in [0, 0.05) is 30.8 Å². The minimum atomic E-state index is -1.09. The number of amides is 2. The van der Waals surface area contributed by atoms with Gasteiger partial charge in [0.15, 0.2) is 6.61 Å². The van der Waals surface area contributed by atoms with Crippen LogP contribution in [0.4, 0.5) is 0 Å². The van der Waals surface area contributed by atoms with Crippen LogP contribution >= 0.6 is 0 Å². The molecule has 148 valence electrons. The van der Waals surface area contributed by atoms with Crippen molar-refractivity contribution in [3.05, 3.63) is 65.2 Å². The van der Waals surface area contributed by atoms with Gasteiger partial charge in [0.1, 0.15) is 5.75 Å². The molecule has 2 aromatic carbocycles. The van der Waals surface area contributed by atoms with E-state index in [1.165, 1.54) is 6.07 Å². The number of aliphatic carboxylic acids is 1. The maximum atomic E-state index is 12.3. The minimum Gasteiger partial charge on any atom is -0.482 e. The summed E-state index contributed by atoms with van der Waals surface area (Å²) in [5, 5.41) is 11.4. The van der Waals surface area contributed by atoms with Gasteiger partial charge in [0.05, 0.1) is 0 Å². The summed E-state index contributed by atoms with van der Waals surface area (Å²) < 4.78 is 5.08. The Bertz CT molecular complexity index is 829. The topological polar surface area (TPSA) is 95.9 Å². The predicted molar refractivity (Wildman–Crippen MR) is 104 cm³/mol. The highest BCUT2D eigenvalue weighted by molar-refractivity contribution is 5.95. The first-order valence-electron chi connectivity index (χ1n) is 9.05. The molecule has 7 nitrogen and oxygen atoms in total. The molecule has 28 heavy (non-hydrogen) atoms. The summed E-state index contributed by atoms with van der Waals surface area (Å²) in [7, 11) is 0. The van der Waals surface area contributed by atoms with Crippen molar-refractivity contribution in [3.8, 4) is 5.75 Å². The standard InChI is InChI=1S/C21H24N2O5/c1-3-23(4-2)21(27)16-10-8-15(9-11-16)13-22-20(26)17-6-5-7-18(12-17)28-14-19(24)25/h5-12H,3-4,13-14H2,1-2H3,(H,22,26)(H,24,25). The van der Waals surface area contributed by atoms with Crippen LogP contribution in [-0.2, 0) is 11.3 Å². The lowest BCUT2D eigenvalue weighted by Crippen LogP contribution is -2.30. The Morgan fingerprint density at radius 2 is 1.68 bits per heavy atom. The third-order valence-corrected chi connectivity index (χ3v) is 4.16. The highest BCUT2D eigenvalue weighted by Gasteiger charge is 2.12. The molecule has 0 aliphatic heterocycles. The molecule has 0 saturated heterocycles. The SMILES string of the molecule is CCN(CC)C(=O)c1ccc(CNC(=O)c2cccc(OCC(=O)O)c2)cc1. The van der Waals surface area contributed by atoms with Crippen molar-refractivity contribution >= 4 is 17.8 Å². The first-order chi connectivity index (χ1) is 13.4. The summed E-state index contributed by atoms with van der Waals surface area (Å²) in [5.41, 5.74) is 1.85. The number of carboxylic acids is 1. The molecule has 0 radical (unpaired) electrons. The lowest BCUT2D eigenvalue weighted by Gasteiger charge is -2.18. The van der Waals surface area contributed by atoms with Gasteiger partial charge in [-0.3, -0.25) is 9.59 Å². The van der Waals surface area contributed by atoms with E-state index in [0.717, 1.165) is 5.56 Å². The third kappa shape index (κ3) is 5.84. The summed E-state index contributed by atoms with van der Waals surface area (Å²) in [5.74, 6) is -1.09. The first kappa shape index (κ1) is 21.0. The van der Waals surface area contributed by atoms with E-state index in [-0.39, 0.29) is 11.8 Å². The smallest absolute Gasteiger partial charge is 0.341 e. The van der Waals surface area contributed by atoms with Crippen LogP contribution < -0.4 is 10.1 Å². The number of nitrogens with one attached hydrogen (secondary N) is 1. The van der Waals surface area contributed by atoms with Gasteiger partial charge in [-0.15, -0.1) is 0 Å². The number of carboxylic acid groups (broad SMARTS) is 1. The van der Waals surface area contributed by atoms with Crippen molar-refractivity contribution in [2.75, 3.05) is 19.7 Å². The largest absolute Gasteiger partial charge is 0.482 e. The zero-order chi connectivity index (χ0) is 20.5. The van der Waals surface area contributed by atoms with Crippen LogP contribution in [0.25, 0.3) is 0 Å². The second kappa shape index (κ2) is 10.1. The van der Waals surface area contributed by atoms with Gasteiger partial charge < -0.3 is 20.1 Å². The average molecular weight is 384 g/mol. The molecule has 0 aromatic heterocycles. The van der Waals surface area contributed by atoms with E-state index in [1.807, 2.05) is 26.0 Å². The number of nitrogens with zero attached hydrogens (tertiary/aromatic N) is 1. The Balaban J connectivity index is 1.95. The number of rotatable bonds is 9. The number of hydrogen-bond donors (Lipinski definition) is 2. The van der Waals surface area contributed by atoms with Gasteiger partial charge in [-0.25, -0.2) is 4.79 Å². The lowest BCUT2D eigenvalue weighted by atomic mass is 10.1. The number of carbonyl (C=O) groups is 3. The number of carbonyl (C=O) groups excluding carboxylic acids is 2. The van der Waals surface area contributed by atoms with E-state index in [2.05, 4.69) is 5.32 Å². The second-order valence-electron chi connectivity index (χ2n) is 6.07. The van der Waals surface area contributed by atoms with E-state index in [1.54, 1.807) is 35.2 Å². The predicted octanol–water partition coefficient (Wildman–Crippen LogP) is 2.56. The molecule has 0 aliphatic carbocycles. The van der Waals surface area contributed by atoms with Crippen LogP contribution in [0.1, 0.15) is 40.1 Å². The van der Waals surface area contributed by atoms with Crippen molar-refractivity contribution in [3.63, 3.8) is 0 Å². The van der Waals surface area contributed by atoms with E-state index >= 15 is 0 Å². The maximum Gasteiger partial charge on any atom is 0.341 e. The Morgan fingerprint density at radius 3 is 2.29 bits per heavy atom. The molecule has 0 bridgehead atoms. The molecule has 0 aliphatic rings. The molecule has 7 heteroatoms. The summed E-state index contributed by atoms with van der Waals surface area (Å²) in [4.78, 5) is 36.9. The molecule has 0 unspecified atom stereocenters. The average Bonchev–Trinajstić information content (AvgIpc) is 2.72. The van der Waals surface area contributed by atoms with Gasteiger partial charge in [-0.1, -0.05) is 18.2 Å². The molecule has 0 spiro atoms. The van der Waals surface area contributed by atoms with Gasteiger partial charge >= 0.3 is 5.97 Å². The fourth-order valence-electron chi connectivity index (χ4n) is 2.62. The summed E-state index contributed by atoms with van der Waals surface area (Å²) >= 11 is 0. The molecule has 0 saturated carbocycles. The van der Waals surface area contributed by atoms with Crippen molar-refractivity contribution in [2.45, 2.75) is 20.4 Å². The highest BCUT2D eigenvalue weighted by atomic mass is 16.5. The van der Waals surface area contributed by atoms with Crippen molar-refractivity contribution in [1.82, 2.24) is 10.2 Å². The van der Waals surface area contributed by atoms with Crippen LogP contribution in [0.3, 0.4) is 0 Å².